The lowest BCUT2D eigenvalue weighted by Gasteiger charge is -2.30. The van der Waals surface area contributed by atoms with E-state index in [9.17, 15) is 0 Å². The second kappa shape index (κ2) is 6.59. The molecule has 0 radical (unpaired) electrons. The smallest absolute Gasteiger partial charge is 0.0642 e. The highest BCUT2D eigenvalue weighted by Crippen LogP contribution is 2.26. The first kappa shape index (κ1) is 13.9. The number of ether oxygens (including phenoxy) is 1. The van der Waals surface area contributed by atoms with Gasteiger partial charge in [-0.25, -0.2) is 0 Å². The molecule has 110 valence electrons. The highest BCUT2D eigenvalue weighted by atomic mass is 16.5. The van der Waals surface area contributed by atoms with Gasteiger partial charge >= 0.3 is 0 Å². The molecule has 1 fully saturated rings. The Morgan fingerprint density at radius 3 is 2.71 bits per heavy atom. The molecule has 0 aliphatic carbocycles. The van der Waals surface area contributed by atoms with Crippen LogP contribution in [-0.4, -0.2) is 31.3 Å². The number of aromatic nitrogens is 1. The first-order chi connectivity index (χ1) is 10.3. The van der Waals surface area contributed by atoms with Crippen LogP contribution in [0.5, 0.6) is 0 Å². The van der Waals surface area contributed by atoms with Gasteiger partial charge in [0.15, 0.2) is 0 Å². The van der Waals surface area contributed by atoms with Crippen LogP contribution in [0, 0.1) is 6.92 Å². The van der Waals surface area contributed by atoms with Gasteiger partial charge in [-0.15, -0.1) is 0 Å². The molecule has 1 aromatic carbocycles. The second-order valence-corrected chi connectivity index (χ2v) is 5.30. The van der Waals surface area contributed by atoms with Crippen LogP contribution in [0.4, 0.5) is 11.4 Å². The van der Waals surface area contributed by atoms with Crippen molar-refractivity contribution in [1.29, 1.82) is 0 Å². The van der Waals surface area contributed by atoms with E-state index in [0.29, 0.717) is 0 Å². The van der Waals surface area contributed by atoms with Gasteiger partial charge in [0.1, 0.15) is 0 Å². The Hall–Kier alpha value is -2.07. The molecule has 0 amide bonds. The molecule has 21 heavy (non-hydrogen) atoms. The summed E-state index contributed by atoms with van der Waals surface area (Å²) in [6.45, 7) is 6.28. The summed E-state index contributed by atoms with van der Waals surface area (Å²) in [5.41, 5.74) is 4.64. The SMILES string of the molecule is Cc1ccc(CNc2ccccc2N2CCOCC2)nc1. The van der Waals surface area contributed by atoms with Crippen LogP contribution < -0.4 is 10.2 Å². The normalized spacial score (nSPS) is 15.0. The van der Waals surface area contributed by atoms with Gasteiger partial charge in [-0.2, -0.15) is 0 Å². The topological polar surface area (TPSA) is 37.4 Å². The van der Waals surface area contributed by atoms with Crippen molar-refractivity contribution in [3.8, 4) is 0 Å². The van der Waals surface area contributed by atoms with E-state index in [1.54, 1.807) is 0 Å². The summed E-state index contributed by atoms with van der Waals surface area (Å²) in [5.74, 6) is 0. The summed E-state index contributed by atoms with van der Waals surface area (Å²) in [7, 11) is 0. The highest BCUT2D eigenvalue weighted by Gasteiger charge is 2.14. The maximum absolute atomic E-state index is 5.43. The zero-order valence-corrected chi connectivity index (χ0v) is 12.4. The summed E-state index contributed by atoms with van der Waals surface area (Å²) >= 11 is 0. The van der Waals surface area contributed by atoms with Crippen molar-refractivity contribution < 1.29 is 4.74 Å². The summed E-state index contributed by atoms with van der Waals surface area (Å²) in [5, 5.41) is 3.50. The molecule has 2 heterocycles. The van der Waals surface area contributed by atoms with Gasteiger partial charge < -0.3 is 15.0 Å². The molecule has 3 rings (SSSR count). The number of morpholine rings is 1. The first-order valence-corrected chi connectivity index (χ1v) is 7.40. The van der Waals surface area contributed by atoms with E-state index in [-0.39, 0.29) is 0 Å². The van der Waals surface area contributed by atoms with Crippen molar-refractivity contribution in [2.45, 2.75) is 13.5 Å². The lowest BCUT2D eigenvalue weighted by molar-refractivity contribution is 0.123. The number of aryl methyl sites for hydroxylation is 1. The predicted octanol–water partition coefficient (Wildman–Crippen LogP) is 2.84. The molecule has 0 spiro atoms. The van der Waals surface area contributed by atoms with Gasteiger partial charge in [0, 0.05) is 19.3 Å². The number of anilines is 2. The van der Waals surface area contributed by atoms with Crippen molar-refractivity contribution >= 4 is 11.4 Å². The van der Waals surface area contributed by atoms with E-state index < -0.39 is 0 Å². The van der Waals surface area contributed by atoms with Crippen LogP contribution in [0.2, 0.25) is 0 Å². The van der Waals surface area contributed by atoms with Crippen molar-refractivity contribution in [3.63, 3.8) is 0 Å². The van der Waals surface area contributed by atoms with E-state index in [0.717, 1.165) is 44.2 Å². The van der Waals surface area contributed by atoms with E-state index in [4.69, 9.17) is 4.74 Å². The minimum absolute atomic E-state index is 0.738. The Balaban J connectivity index is 1.71. The third kappa shape index (κ3) is 3.52. The van der Waals surface area contributed by atoms with Crippen LogP contribution in [0.1, 0.15) is 11.3 Å². The number of para-hydroxylation sites is 2. The molecule has 1 aromatic heterocycles. The molecule has 4 heteroatoms. The molecule has 0 unspecified atom stereocenters. The van der Waals surface area contributed by atoms with Crippen molar-refractivity contribution in [1.82, 2.24) is 4.98 Å². The summed E-state index contributed by atoms with van der Waals surface area (Å²) < 4.78 is 5.43. The molecule has 1 aliphatic rings. The number of nitrogens with one attached hydrogen (secondary N) is 1. The Morgan fingerprint density at radius 2 is 1.95 bits per heavy atom. The Morgan fingerprint density at radius 1 is 1.14 bits per heavy atom. The molecule has 0 saturated carbocycles. The standard InChI is InChI=1S/C17H21N3O/c1-14-6-7-15(18-12-14)13-19-16-4-2-3-5-17(16)20-8-10-21-11-9-20/h2-7,12,19H,8-11,13H2,1H3. The van der Waals surface area contributed by atoms with Crippen molar-refractivity contribution in [2.24, 2.45) is 0 Å². The summed E-state index contributed by atoms with van der Waals surface area (Å²) in [6, 6.07) is 12.6. The number of nitrogens with zero attached hydrogens (tertiary/aromatic N) is 2. The van der Waals surface area contributed by atoms with Crippen LogP contribution in [-0.2, 0) is 11.3 Å². The van der Waals surface area contributed by atoms with Gasteiger partial charge in [0.2, 0.25) is 0 Å². The summed E-state index contributed by atoms with van der Waals surface area (Å²) in [6.07, 6.45) is 1.91. The Kier molecular flexibility index (Phi) is 4.36. The number of pyridine rings is 1. The lowest BCUT2D eigenvalue weighted by Crippen LogP contribution is -2.36. The van der Waals surface area contributed by atoms with Crippen LogP contribution in [0.25, 0.3) is 0 Å². The Labute approximate surface area is 125 Å². The molecular weight excluding hydrogens is 262 g/mol. The minimum Gasteiger partial charge on any atom is -0.378 e. The first-order valence-electron chi connectivity index (χ1n) is 7.40. The van der Waals surface area contributed by atoms with E-state index in [1.165, 1.54) is 11.3 Å². The zero-order chi connectivity index (χ0) is 14.5. The number of hydrogen-bond acceptors (Lipinski definition) is 4. The monoisotopic (exact) mass is 283 g/mol. The van der Waals surface area contributed by atoms with Crippen LogP contribution in [0.15, 0.2) is 42.6 Å². The highest BCUT2D eigenvalue weighted by molar-refractivity contribution is 5.70. The number of benzene rings is 1. The Bertz CT molecular complexity index is 577. The van der Waals surface area contributed by atoms with Gasteiger partial charge in [0.05, 0.1) is 36.8 Å². The molecule has 4 nitrogen and oxygen atoms in total. The molecule has 2 aromatic rings. The largest absolute Gasteiger partial charge is 0.378 e. The third-order valence-corrected chi connectivity index (χ3v) is 3.69. The third-order valence-electron chi connectivity index (χ3n) is 3.69. The summed E-state index contributed by atoms with van der Waals surface area (Å²) in [4.78, 5) is 6.81. The van der Waals surface area contributed by atoms with Gasteiger partial charge in [-0.1, -0.05) is 18.2 Å². The predicted molar refractivity (Wildman–Crippen MR) is 85.8 cm³/mol. The molecular formula is C17H21N3O. The van der Waals surface area contributed by atoms with Crippen molar-refractivity contribution in [3.05, 3.63) is 53.9 Å². The van der Waals surface area contributed by atoms with Gasteiger partial charge in [-0.05, 0) is 30.7 Å². The van der Waals surface area contributed by atoms with Crippen LogP contribution >= 0.6 is 0 Å². The average molecular weight is 283 g/mol. The maximum Gasteiger partial charge on any atom is 0.0642 e. The fourth-order valence-electron chi connectivity index (χ4n) is 2.49. The molecule has 1 aliphatic heterocycles. The molecule has 1 saturated heterocycles. The van der Waals surface area contributed by atoms with E-state index in [2.05, 4.69) is 58.5 Å². The fourth-order valence-corrected chi connectivity index (χ4v) is 2.49. The van der Waals surface area contributed by atoms with E-state index in [1.807, 2.05) is 6.20 Å². The number of hydrogen-bond donors (Lipinski definition) is 1. The maximum atomic E-state index is 5.43. The minimum atomic E-state index is 0.738. The fraction of sp³-hybridized carbons (Fsp3) is 0.353. The van der Waals surface area contributed by atoms with Gasteiger partial charge in [0.25, 0.3) is 0 Å². The van der Waals surface area contributed by atoms with E-state index >= 15 is 0 Å². The number of rotatable bonds is 4. The average Bonchev–Trinajstić information content (AvgIpc) is 2.55. The molecule has 1 N–H and O–H groups in total. The van der Waals surface area contributed by atoms with Gasteiger partial charge in [-0.3, -0.25) is 4.98 Å². The molecule has 0 bridgehead atoms. The lowest BCUT2D eigenvalue weighted by atomic mass is 10.2. The quantitative estimate of drug-likeness (QED) is 0.936. The molecule has 0 atom stereocenters. The van der Waals surface area contributed by atoms with Crippen LogP contribution in [0.3, 0.4) is 0 Å². The second-order valence-electron chi connectivity index (χ2n) is 5.30. The zero-order valence-electron chi connectivity index (χ0n) is 12.4. The van der Waals surface area contributed by atoms with Crippen molar-refractivity contribution in [2.75, 3.05) is 36.5 Å².